The van der Waals surface area contributed by atoms with E-state index in [1.807, 2.05) is 16.8 Å². The third-order valence-electron chi connectivity index (χ3n) is 5.07. The van der Waals surface area contributed by atoms with Gasteiger partial charge in [0.1, 0.15) is 0 Å². The summed E-state index contributed by atoms with van der Waals surface area (Å²) in [7, 11) is 1.48. The van der Waals surface area contributed by atoms with Crippen LogP contribution in [0.3, 0.4) is 0 Å². The number of rotatable bonds is 4. The molecule has 0 spiro atoms. The van der Waals surface area contributed by atoms with Gasteiger partial charge >= 0.3 is 0 Å². The Hall–Kier alpha value is -2.19. The van der Waals surface area contributed by atoms with Crippen molar-refractivity contribution in [3.8, 4) is 5.75 Å². The monoisotopic (exact) mass is 403 g/mol. The van der Waals surface area contributed by atoms with Gasteiger partial charge < -0.3 is 9.64 Å². The molecular formula is C20H26FN5OS. The summed E-state index contributed by atoms with van der Waals surface area (Å²) in [5.74, 6) is -0.0173. The molecule has 0 radical (unpaired) electrons. The van der Waals surface area contributed by atoms with Crippen LogP contribution in [0.1, 0.15) is 32.0 Å². The SMILES string of the molecule is COc1ccc(CN2CCN(c3nn4cc(C(C)(C)C)nc4s3)CC2)cc1F. The van der Waals surface area contributed by atoms with Gasteiger partial charge in [0.15, 0.2) is 11.6 Å². The third kappa shape index (κ3) is 3.84. The molecular weight excluding hydrogens is 377 g/mol. The summed E-state index contributed by atoms with van der Waals surface area (Å²) in [4.78, 5) is 10.3. The van der Waals surface area contributed by atoms with Crippen LogP contribution < -0.4 is 9.64 Å². The molecule has 0 aliphatic carbocycles. The molecule has 8 heteroatoms. The molecule has 0 saturated carbocycles. The summed E-state index contributed by atoms with van der Waals surface area (Å²) in [6.07, 6.45) is 2.03. The molecule has 2 aromatic heterocycles. The normalized spacial score (nSPS) is 16.1. The highest BCUT2D eigenvalue weighted by atomic mass is 32.1. The number of nitrogens with zero attached hydrogens (tertiary/aromatic N) is 5. The molecule has 0 atom stereocenters. The maximum Gasteiger partial charge on any atom is 0.214 e. The molecule has 1 aromatic carbocycles. The first kappa shape index (κ1) is 19.1. The quantitative estimate of drug-likeness (QED) is 0.667. The van der Waals surface area contributed by atoms with E-state index in [9.17, 15) is 4.39 Å². The number of halogens is 1. The number of benzene rings is 1. The number of fused-ring (bicyclic) bond motifs is 1. The molecule has 1 aliphatic heterocycles. The Bertz CT molecular complexity index is 937. The van der Waals surface area contributed by atoms with Crippen LogP contribution in [0.2, 0.25) is 0 Å². The Labute approximate surface area is 168 Å². The molecule has 150 valence electrons. The predicted molar refractivity (Wildman–Crippen MR) is 110 cm³/mol. The van der Waals surface area contributed by atoms with E-state index >= 15 is 0 Å². The fourth-order valence-electron chi connectivity index (χ4n) is 3.34. The van der Waals surface area contributed by atoms with Crippen LogP contribution in [0.25, 0.3) is 4.96 Å². The molecule has 1 saturated heterocycles. The zero-order chi connectivity index (χ0) is 19.9. The molecule has 0 N–H and O–H groups in total. The van der Waals surface area contributed by atoms with Crippen molar-refractivity contribution in [2.24, 2.45) is 0 Å². The van der Waals surface area contributed by atoms with Gasteiger partial charge in [-0.3, -0.25) is 4.90 Å². The van der Waals surface area contributed by atoms with E-state index < -0.39 is 0 Å². The van der Waals surface area contributed by atoms with Crippen molar-refractivity contribution in [2.75, 3.05) is 38.2 Å². The molecule has 0 bridgehead atoms. The van der Waals surface area contributed by atoms with E-state index in [0.717, 1.165) is 54.1 Å². The Kier molecular flexibility index (Phi) is 5.01. The minimum atomic E-state index is -0.306. The first-order chi connectivity index (χ1) is 13.3. The average Bonchev–Trinajstić information content (AvgIpc) is 3.21. The van der Waals surface area contributed by atoms with Crippen LogP contribution in [0, 0.1) is 5.82 Å². The molecule has 0 unspecified atom stereocenters. The molecule has 1 aliphatic rings. The minimum Gasteiger partial charge on any atom is -0.494 e. The highest BCUT2D eigenvalue weighted by molar-refractivity contribution is 7.20. The summed E-state index contributed by atoms with van der Waals surface area (Å²) >= 11 is 1.64. The molecule has 3 aromatic rings. The fourth-order valence-corrected chi connectivity index (χ4v) is 4.28. The number of hydrogen-bond donors (Lipinski definition) is 0. The first-order valence-electron chi connectivity index (χ1n) is 9.50. The molecule has 0 amide bonds. The molecule has 28 heavy (non-hydrogen) atoms. The summed E-state index contributed by atoms with van der Waals surface area (Å²) in [5, 5.41) is 5.74. The maximum atomic E-state index is 13.9. The summed E-state index contributed by atoms with van der Waals surface area (Å²) < 4.78 is 20.8. The molecule has 3 heterocycles. The van der Waals surface area contributed by atoms with Crippen LogP contribution in [0.5, 0.6) is 5.75 Å². The molecule has 1 fully saturated rings. The van der Waals surface area contributed by atoms with E-state index in [0.29, 0.717) is 0 Å². The van der Waals surface area contributed by atoms with Crippen molar-refractivity contribution in [1.82, 2.24) is 19.5 Å². The van der Waals surface area contributed by atoms with Gasteiger partial charge in [0.25, 0.3) is 0 Å². The van der Waals surface area contributed by atoms with Crippen LogP contribution in [-0.4, -0.2) is 52.8 Å². The van der Waals surface area contributed by atoms with Gasteiger partial charge in [-0.05, 0) is 17.7 Å². The van der Waals surface area contributed by atoms with Crippen molar-refractivity contribution < 1.29 is 9.13 Å². The second kappa shape index (κ2) is 7.33. The lowest BCUT2D eigenvalue weighted by Gasteiger charge is -2.34. The number of piperazine rings is 1. The largest absolute Gasteiger partial charge is 0.494 e. The number of aromatic nitrogens is 3. The van der Waals surface area contributed by atoms with Crippen molar-refractivity contribution in [2.45, 2.75) is 32.7 Å². The van der Waals surface area contributed by atoms with Crippen LogP contribution >= 0.6 is 11.3 Å². The maximum absolute atomic E-state index is 13.9. The van der Waals surface area contributed by atoms with Crippen LogP contribution in [0.4, 0.5) is 9.52 Å². The second-order valence-corrected chi connectivity index (χ2v) is 9.15. The van der Waals surface area contributed by atoms with Gasteiger partial charge in [0, 0.05) is 38.1 Å². The lowest BCUT2D eigenvalue weighted by atomic mass is 9.93. The third-order valence-corrected chi connectivity index (χ3v) is 6.05. The first-order valence-corrected chi connectivity index (χ1v) is 10.3. The number of ether oxygens (including phenoxy) is 1. The van der Waals surface area contributed by atoms with E-state index in [4.69, 9.17) is 14.8 Å². The molecule has 4 rings (SSSR count). The number of hydrogen-bond acceptors (Lipinski definition) is 6. The van der Waals surface area contributed by atoms with Gasteiger partial charge in [-0.25, -0.2) is 13.9 Å². The zero-order valence-corrected chi connectivity index (χ0v) is 17.6. The topological polar surface area (TPSA) is 45.9 Å². The highest BCUT2D eigenvalue weighted by Gasteiger charge is 2.23. The van der Waals surface area contributed by atoms with Crippen molar-refractivity contribution in [3.05, 3.63) is 41.5 Å². The van der Waals surface area contributed by atoms with E-state index in [1.54, 1.807) is 23.5 Å². The standard InChI is InChI=1S/C20H26FN5OS/c1-20(2,3)17-13-26-18(22-17)28-19(23-26)25-9-7-24(8-10-25)12-14-5-6-16(27-4)15(21)11-14/h5-6,11,13H,7-10,12H2,1-4H3. The van der Waals surface area contributed by atoms with E-state index in [-0.39, 0.29) is 17.0 Å². The zero-order valence-electron chi connectivity index (χ0n) is 16.8. The van der Waals surface area contributed by atoms with Crippen LogP contribution in [0.15, 0.2) is 24.4 Å². The smallest absolute Gasteiger partial charge is 0.214 e. The number of anilines is 1. The molecule has 6 nitrogen and oxygen atoms in total. The van der Waals surface area contributed by atoms with Crippen molar-refractivity contribution in [3.63, 3.8) is 0 Å². The van der Waals surface area contributed by atoms with Gasteiger partial charge in [-0.2, -0.15) is 0 Å². The summed E-state index contributed by atoms with van der Waals surface area (Å²) in [6, 6.07) is 5.18. The Morgan fingerprint density at radius 1 is 1.18 bits per heavy atom. The number of imidazole rings is 1. The number of methoxy groups -OCH3 is 1. The van der Waals surface area contributed by atoms with Gasteiger partial charge in [0.05, 0.1) is 19.0 Å². The average molecular weight is 404 g/mol. The fraction of sp³-hybridized carbons (Fsp3) is 0.500. The predicted octanol–water partition coefficient (Wildman–Crippen LogP) is 3.56. The Balaban J connectivity index is 1.38. The highest BCUT2D eigenvalue weighted by Crippen LogP contribution is 2.28. The lowest BCUT2D eigenvalue weighted by Crippen LogP contribution is -2.46. The van der Waals surface area contributed by atoms with Gasteiger partial charge in [-0.15, -0.1) is 5.10 Å². The van der Waals surface area contributed by atoms with Gasteiger partial charge in [0.2, 0.25) is 10.1 Å². The van der Waals surface area contributed by atoms with Gasteiger partial charge in [-0.1, -0.05) is 38.2 Å². The Morgan fingerprint density at radius 2 is 1.93 bits per heavy atom. The van der Waals surface area contributed by atoms with E-state index in [2.05, 4.69) is 30.6 Å². The van der Waals surface area contributed by atoms with Crippen molar-refractivity contribution >= 4 is 21.4 Å². The Morgan fingerprint density at radius 3 is 2.54 bits per heavy atom. The van der Waals surface area contributed by atoms with Crippen molar-refractivity contribution in [1.29, 1.82) is 0 Å². The minimum absolute atomic E-state index is 0.0279. The summed E-state index contributed by atoms with van der Waals surface area (Å²) in [5.41, 5.74) is 2.06. The second-order valence-electron chi connectivity index (χ2n) is 8.22. The lowest BCUT2D eigenvalue weighted by molar-refractivity contribution is 0.249. The van der Waals surface area contributed by atoms with E-state index in [1.165, 1.54) is 7.11 Å². The van der Waals surface area contributed by atoms with Crippen LogP contribution in [-0.2, 0) is 12.0 Å². The summed E-state index contributed by atoms with van der Waals surface area (Å²) in [6.45, 7) is 10.9.